The Kier molecular flexibility index (Phi) is 6.67. The molecule has 0 bridgehead atoms. The van der Waals surface area contributed by atoms with Crippen LogP contribution in [0.15, 0.2) is 17.5 Å². The third-order valence-corrected chi connectivity index (χ3v) is 4.51. The third kappa shape index (κ3) is 4.99. The minimum absolute atomic E-state index is 0.00772. The average molecular weight is 325 g/mol. The molecule has 0 aromatic carbocycles. The second-order valence-electron chi connectivity index (χ2n) is 5.31. The molecule has 3 amide bonds. The summed E-state index contributed by atoms with van der Waals surface area (Å²) in [5.41, 5.74) is 0. The Morgan fingerprint density at radius 1 is 1.41 bits per heavy atom. The highest BCUT2D eigenvalue weighted by Crippen LogP contribution is 2.20. The van der Waals surface area contributed by atoms with Crippen molar-refractivity contribution in [3.63, 3.8) is 0 Å². The predicted molar refractivity (Wildman–Crippen MR) is 87.1 cm³/mol. The number of nitrogens with one attached hydrogen (secondary N) is 2. The number of piperidine rings is 1. The fourth-order valence-corrected chi connectivity index (χ4v) is 3.06. The Morgan fingerprint density at radius 2 is 2.18 bits per heavy atom. The number of likely N-dealkylation sites (tertiary alicyclic amines) is 1. The van der Waals surface area contributed by atoms with Crippen LogP contribution in [-0.2, 0) is 9.53 Å². The van der Waals surface area contributed by atoms with Crippen LogP contribution in [0.1, 0.15) is 19.3 Å². The van der Waals surface area contributed by atoms with Gasteiger partial charge in [0.2, 0.25) is 5.91 Å². The number of anilines is 1. The molecule has 1 aliphatic rings. The van der Waals surface area contributed by atoms with E-state index in [-0.39, 0.29) is 17.9 Å². The Labute approximate surface area is 134 Å². The summed E-state index contributed by atoms with van der Waals surface area (Å²) in [5.74, 6) is 0.0998. The molecule has 1 aromatic rings. The Hall–Kier alpha value is -1.60. The number of hydrogen-bond donors (Lipinski definition) is 2. The van der Waals surface area contributed by atoms with E-state index in [1.165, 1.54) is 11.3 Å². The molecule has 1 aliphatic heterocycles. The zero-order chi connectivity index (χ0) is 15.8. The van der Waals surface area contributed by atoms with Crippen molar-refractivity contribution < 1.29 is 14.3 Å². The highest BCUT2D eigenvalue weighted by molar-refractivity contribution is 7.14. The SMILES string of the molecule is COCCCNC(=O)C1CCN(C(=O)Nc2cccs2)CC1. The first-order valence-electron chi connectivity index (χ1n) is 7.57. The topological polar surface area (TPSA) is 70.7 Å². The monoisotopic (exact) mass is 325 g/mol. The lowest BCUT2D eigenvalue weighted by Gasteiger charge is -2.31. The molecule has 0 atom stereocenters. The fraction of sp³-hybridized carbons (Fsp3) is 0.600. The van der Waals surface area contributed by atoms with Crippen molar-refractivity contribution in [1.82, 2.24) is 10.2 Å². The number of urea groups is 1. The minimum atomic E-state index is -0.0820. The van der Waals surface area contributed by atoms with E-state index >= 15 is 0 Å². The first-order chi connectivity index (χ1) is 10.7. The molecule has 0 aliphatic carbocycles. The fourth-order valence-electron chi connectivity index (χ4n) is 2.45. The lowest BCUT2D eigenvalue weighted by molar-refractivity contribution is -0.126. The van der Waals surface area contributed by atoms with Crippen LogP contribution in [0.3, 0.4) is 0 Å². The van der Waals surface area contributed by atoms with Gasteiger partial charge in [0.15, 0.2) is 0 Å². The molecule has 22 heavy (non-hydrogen) atoms. The summed E-state index contributed by atoms with van der Waals surface area (Å²) >= 11 is 1.50. The summed E-state index contributed by atoms with van der Waals surface area (Å²) in [5, 5.41) is 8.58. The summed E-state index contributed by atoms with van der Waals surface area (Å²) in [6, 6.07) is 3.70. The van der Waals surface area contributed by atoms with Crippen LogP contribution in [0, 0.1) is 5.92 Å². The zero-order valence-electron chi connectivity index (χ0n) is 12.8. The molecule has 7 heteroatoms. The molecule has 0 saturated carbocycles. The van der Waals surface area contributed by atoms with E-state index in [2.05, 4.69) is 10.6 Å². The minimum Gasteiger partial charge on any atom is -0.385 e. The maximum Gasteiger partial charge on any atom is 0.322 e. The molecule has 2 heterocycles. The highest BCUT2D eigenvalue weighted by Gasteiger charge is 2.27. The van der Waals surface area contributed by atoms with Crippen LogP contribution in [0.2, 0.25) is 0 Å². The van der Waals surface area contributed by atoms with E-state index in [0.717, 1.165) is 11.4 Å². The van der Waals surface area contributed by atoms with Gasteiger partial charge in [-0.05, 0) is 36.8 Å². The van der Waals surface area contributed by atoms with Crippen molar-refractivity contribution in [2.24, 2.45) is 5.92 Å². The quantitative estimate of drug-likeness (QED) is 0.787. The van der Waals surface area contributed by atoms with E-state index in [9.17, 15) is 9.59 Å². The van der Waals surface area contributed by atoms with Gasteiger partial charge in [-0.2, -0.15) is 0 Å². The summed E-state index contributed by atoms with van der Waals surface area (Å²) in [6.07, 6.45) is 2.26. The van der Waals surface area contributed by atoms with Crippen LogP contribution in [-0.4, -0.2) is 50.2 Å². The normalized spacial score (nSPS) is 15.6. The molecule has 1 aromatic heterocycles. The summed E-state index contributed by atoms with van der Waals surface area (Å²) in [7, 11) is 1.65. The van der Waals surface area contributed by atoms with Crippen molar-refractivity contribution >= 4 is 28.3 Å². The Morgan fingerprint density at radius 3 is 2.82 bits per heavy atom. The number of amides is 3. The van der Waals surface area contributed by atoms with E-state index in [0.29, 0.717) is 39.1 Å². The van der Waals surface area contributed by atoms with Gasteiger partial charge < -0.3 is 15.0 Å². The number of nitrogens with zero attached hydrogens (tertiary/aromatic N) is 1. The van der Waals surface area contributed by atoms with Gasteiger partial charge in [0.1, 0.15) is 0 Å². The van der Waals surface area contributed by atoms with Crippen molar-refractivity contribution in [3.8, 4) is 0 Å². The molecule has 1 saturated heterocycles. The molecule has 0 radical (unpaired) electrons. The third-order valence-electron chi connectivity index (χ3n) is 3.73. The second kappa shape index (κ2) is 8.75. The predicted octanol–water partition coefficient (Wildman–Crippen LogP) is 2.14. The van der Waals surface area contributed by atoms with Crippen molar-refractivity contribution in [1.29, 1.82) is 0 Å². The maximum absolute atomic E-state index is 12.1. The van der Waals surface area contributed by atoms with Gasteiger partial charge in [0.05, 0.1) is 5.00 Å². The molecular formula is C15H23N3O3S. The summed E-state index contributed by atoms with van der Waals surface area (Å²) < 4.78 is 4.95. The van der Waals surface area contributed by atoms with Crippen LogP contribution >= 0.6 is 11.3 Å². The molecule has 1 fully saturated rings. The molecule has 2 rings (SSSR count). The molecule has 122 valence electrons. The van der Waals surface area contributed by atoms with E-state index in [4.69, 9.17) is 4.74 Å². The smallest absolute Gasteiger partial charge is 0.322 e. The Balaban J connectivity index is 1.68. The lowest BCUT2D eigenvalue weighted by atomic mass is 9.96. The number of rotatable bonds is 6. The van der Waals surface area contributed by atoms with Crippen LogP contribution in [0.25, 0.3) is 0 Å². The summed E-state index contributed by atoms with van der Waals surface area (Å²) in [6.45, 7) is 2.54. The van der Waals surface area contributed by atoms with E-state index < -0.39 is 0 Å². The number of methoxy groups -OCH3 is 1. The van der Waals surface area contributed by atoms with Crippen LogP contribution in [0.4, 0.5) is 9.80 Å². The zero-order valence-corrected chi connectivity index (χ0v) is 13.7. The number of ether oxygens (including phenoxy) is 1. The average Bonchev–Trinajstić information content (AvgIpc) is 3.04. The lowest BCUT2D eigenvalue weighted by Crippen LogP contribution is -2.44. The second-order valence-corrected chi connectivity index (χ2v) is 6.25. The maximum atomic E-state index is 12.1. The van der Waals surface area contributed by atoms with Gasteiger partial charge in [0.25, 0.3) is 0 Å². The van der Waals surface area contributed by atoms with Gasteiger partial charge in [-0.25, -0.2) is 4.79 Å². The van der Waals surface area contributed by atoms with Gasteiger partial charge in [-0.15, -0.1) is 11.3 Å². The first kappa shape index (κ1) is 16.8. The van der Waals surface area contributed by atoms with Gasteiger partial charge in [-0.1, -0.05) is 0 Å². The van der Waals surface area contributed by atoms with Gasteiger partial charge in [0, 0.05) is 39.3 Å². The number of thiophene rings is 1. The molecule has 0 spiro atoms. The van der Waals surface area contributed by atoms with Crippen molar-refractivity contribution in [2.75, 3.05) is 38.7 Å². The Bertz CT molecular complexity index is 470. The van der Waals surface area contributed by atoms with E-state index in [1.54, 1.807) is 12.0 Å². The standard InChI is InChI=1S/C15H23N3O3S/c1-21-10-3-7-16-14(19)12-5-8-18(9-6-12)15(20)17-13-4-2-11-22-13/h2,4,11-12H,3,5-10H2,1H3,(H,16,19)(H,17,20). The van der Waals surface area contributed by atoms with Crippen LogP contribution < -0.4 is 10.6 Å². The largest absolute Gasteiger partial charge is 0.385 e. The number of carbonyl (C=O) groups excluding carboxylic acids is 2. The van der Waals surface area contributed by atoms with Crippen molar-refractivity contribution in [2.45, 2.75) is 19.3 Å². The molecular weight excluding hydrogens is 302 g/mol. The van der Waals surface area contributed by atoms with Crippen molar-refractivity contribution in [3.05, 3.63) is 17.5 Å². The van der Waals surface area contributed by atoms with Crippen LogP contribution in [0.5, 0.6) is 0 Å². The van der Waals surface area contributed by atoms with Gasteiger partial charge in [-0.3, -0.25) is 10.1 Å². The number of hydrogen-bond acceptors (Lipinski definition) is 4. The van der Waals surface area contributed by atoms with Gasteiger partial charge >= 0.3 is 6.03 Å². The summed E-state index contributed by atoms with van der Waals surface area (Å²) in [4.78, 5) is 25.9. The molecule has 6 nitrogen and oxygen atoms in total. The molecule has 2 N–H and O–H groups in total. The highest BCUT2D eigenvalue weighted by atomic mass is 32.1. The number of carbonyl (C=O) groups is 2. The van der Waals surface area contributed by atoms with E-state index in [1.807, 2.05) is 17.5 Å². The first-order valence-corrected chi connectivity index (χ1v) is 8.44. The molecule has 0 unspecified atom stereocenters.